The fraction of sp³-hybridized carbons (Fsp3) is 0.923. The summed E-state index contributed by atoms with van der Waals surface area (Å²) in [4.78, 5) is 26.1. The van der Waals surface area contributed by atoms with E-state index in [1.54, 1.807) is 0 Å². The van der Waals surface area contributed by atoms with Crippen molar-refractivity contribution >= 4 is 11.9 Å². The number of carbonyl (C=O) groups excluding carboxylic acids is 2. The molecule has 0 saturated carbocycles. The fourth-order valence-corrected chi connectivity index (χ4v) is 8.14. The molecule has 0 aromatic heterocycles. The number of carbonyl (C=O) groups is 2. The van der Waals surface area contributed by atoms with E-state index in [1.807, 2.05) is 0 Å². The number of allylic oxidation sites excluding steroid dienone is 2. The van der Waals surface area contributed by atoms with E-state index >= 15 is 0 Å². The van der Waals surface area contributed by atoms with E-state index in [0.717, 1.165) is 51.4 Å². The summed E-state index contributed by atoms with van der Waals surface area (Å²) in [6.45, 7) is 6.48. The van der Waals surface area contributed by atoms with Crippen LogP contribution < -0.4 is 5.32 Å². The third-order valence-corrected chi connectivity index (χ3v) is 12.1. The third kappa shape index (κ3) is 41.3. The van der Waals surface area contributed by atoms with Crippen LogP contribution in [0, 0.1) is 0 Å². The monoisotopic (exact) mass is 820 g/mol. The number of hydrogen-bond acceptors (Lipinski definition) is 5. The van der Waals surface area contributed by atoms with E-state index in [1.165, 1.54) is 186 Å². The van der Waals surface area contributed by atoms with Crippen LogP contribution in [-0.2, 0) is 14.3 Å². The van der Waals surface area contributed by atoms with Gasteiger partial charge in [0.05, 0.1) is 25.2 Å². The molecule has 3 unspecified atom stereocenters. The topological polar surface area (TPSA) is 95.9 Å². The smallest absolute Gasteiger partial charge is 0.306 e. The average Bonchev–Trinajstić information content (AvgIpc) is 3.22. The number of esters is 1. The van der Waals surface area contributed by atoms with Gasteiger partial charge in [-0.3, -0.25) is 9.59 Å². The van der Waals surface area contributed by atoms with Gasteiger partial charge in [-0.25, -0.2) is 0 Å². The predicted octanol–water partition coefficient (Wildman–Crippen LogP) is 15.3. The Morgan fingerprint density at radius 3 is 1.26 bits per heavy atom. The molecule has 0 bridgehead atoms. The first-order chi connectivity index (χ1) is 28.5. The molecule has 6 heteroatoms. The van der Waals surface area contributed by atoms with Crippen LogP contribution in [0.1, 0.15) is 284 Å². The molecule has 0 aliphatic heterocycles. The number of unbranched alkanes of at least 4 members (excludes halogenated alkanes) is 33. The maximum Gasteiger partial charge on any atom is 0.306 e. The van der Waals surface area contributed by atoms with E-state index in [-0.39, 0.29) is 24.9 Å². The Balaban J connectivity index is 4.48. The fourth-order valence-electron chi connectivity index (χ4n) is 8.14. The van der Waals surface area contributed by atoms with Crippen LogP contribution in [0.3, 0.4) is 0 Å². The molecule has 1 amide bonds. The third-order valence-electron chi connectivity index (χ3n) is 12.1. The summed E-state index contributed by atoms with van der Waals surface area (Å²) in [6, 6.07) is -0.703. The van der Waals surface area contributed by atoms with Crippen molar-refractivity contribution in [2.24, 2.45) is 0 Å². The first-order valence-electron chi connectivity index (χ1n) is 25.9. The molecule has 0 rings (SSSR count). The number of aliphatic hydroxyl groups is 2. The van der Waals surface area contributed by atoms with Crippen LogP contribution in [-0.4, -0.2) is 46.9 Å². The van der Waals surface area contributed by atoms with Gasteiger partial charge in [0.15, 0.2) is 0 Å². The van der Waals surface area contributed by atoms with Gasteiger partial charge in [-0.15, -0.1) is 0 Å². The van der Waals surface area contributed by atoms with Crippen molar-refractivity contribution < 1.29 is 24.5 Å². The molecule has 0 aliphatic carbocycles. The summed E-state index contributed by atoms with van der Waals surface area (Å²) < 4.78 is 5.90. The number of aliphatic hydroxyl groups excluding tert-OH is 2. The maximum absolute atomic E-state index is 13.2. The van der Waals surface area contributed by atoms with E-state index in [2.05, 4.69) is 38.2 Å². The number of ether oxygens (including phenoxy) is 1. The Labute approximate surface area is 361 Å². The van der Waals surface area contributed by atoms with Gasteiger partial charge in [0.2, 0.25) is 5.91 Å². The lowest BCUT2D eigenvalue weighted by atomic mass is 10.0. The van der Waals surface area contributed by atoms with Gasteiger partial charge in [0, 0.05) is 6.42 Å². The molecule has 6 nitrogen and oxygen atoms in total. The number of rotatable bonds is 47. The zero-order valence-electron chi connectivity index (χ0n) is 39.2. The lowest BCUT2D eigenvalue weighted by Gasteiger charge is -2.24. The second-order valence-corrected chi connectivity index (χ2v) is 17.9. The number of nitrogens with one attached hydrogen (secondary N) is 1. The minimum Gasteiger partial charge on any atom is -0.462 e. The highest BCUT2D eigenvalue weighted by molar-refractivity contribution is 5.77. The molecule has 0 fully saturated rings. The predicted molar refractivity (Wildman–Crippen MR) is 250 cm³/mol. The Bertz CT molecular complexity index is 878. The quantitative estimate of drug-likeness (QED) is 0.0323. The Hall–Kier alpha value is -1.40. The Kier molecular flexibility index (Phi) is 45.5. The first-order valence-corrected chi connectivity index (χ1v) is 25.9. The molecule has 3 N–H and O–H groups in total. The van der Waals surface area contributed by atoms with Gasteiger partial charge in [0.25, 0.3) is 0 Å². The second-order valence-electron chi connectivity index (χ2n) is 17.9. The van der Waals surface area contributed by atoms with Crippen LogP contribution in [0.25, 0.3) is 0 Å². The molecule has 344 valence electrons. The van der Waals surface area contributed by atoms with Crippen LogP contribution in [0.4, 0.5) is 0 Å². The molecular weight excluding hydrogens is 719 g/mol. The van der Waals surface area contributed by atoms with Crippen molar-refractivity contribution in [2.45, 2.75) is 302 Å². The van der Waals surface area contributed by atoms with Crippen molar-refractivity contribution in [3.8, 4) is 0 Å². The summed E-state index contributed by atoms with van der Waals surface area (Å²) in [5, 5.41) is 23.8. The minimum atomic E-state index is -0.788. The van der Waals surface area contributed by atoms with Gasteiger partial charge in [-0.05, 0) is 44.9 Å². The molecule has 0 radical (unpaired) electrons. The SMILES string of the molecule is CCCCCCCC/C=C\CCCC(CC(=O)NC(CO)C(O)CCCCCCCCCCCCCCCCCC)OC(=O)CCCCCCCCCCCCCC. The molecular formula is C52H101NO5. The van der Waals surface area contributed by atoms with Gasteiger partial charge in [0.1, 0.15) is 6.10 Å². The molecule has 0 saturated heterocycles. The first kappa shape index (κ1) is 56.6. The second kappa shape index (κ2) is 46.7. The summed E-state index contributed by atoms with van der Waals surface area (Å²) in [5.74, 6) is -0.488. The standard InChI is InChI=1S/C52H101NO5/c1-4-7-10-13-16-19-22-24-25-26-27-29-32-35-38-41-44-50(55)49(47-54)53-51(56)46-48(43-40-37-34-31-28-21-18-15-12-9-6-3)58-52(57)45-42-39-36-33-30-23-20-17-14-11-8-5-2/h31,34,48-50,54-55H,4-30,32-33,35-47H2,1-3H3,(H,53,56)/b34-31-. The zero-order chi connectivity index (χ0) is 42.4. The van der Waals surface area contributed by atoms with E-state index in [9.17, 15) is 19.8 Å². The van der Waals surface area contributed by atoms with Crippen LogP contribution in [0.5, 0.6) is 0 Å². The lowest BCUT2D eigenvalue weighted by Crippen LogP contribution is -2.46. The summed E-state index contributed by atoms with van der Waals surface area (Å²) in [7, 11) is 0. The molecule has 0 spiro atoms. The molecule has 0 aliphatic rings. The van der Waals surface area contributed by atoms with E-state index in [0.29, 0.717) is 19.3 Å². The number of hydrogen-bond donors (Lipinski definition) is 3. The normalized spacial score (nSPS) is 13.3. The molecule has 0 aromatic rings. The molecule has 0 heterocycles. The van der Waals surface area contributed by atoms with Crippen LogP contribution in [0.15, 0.2) is 12.2 Å². The Morgan fingerprint density at radius 2 is 0.845 bits per heavy atom. The van der Waals surface area contributed by atoms with E-state index < -0.39 is 18.2 Å². The maximum atomic E-state index is 13.2. The summed E-state index contributed by atoms with van der Waals surface area (Å²) in [6.07, 6.45) is 51.3. The van der Waals surface area contributed by atoms with Crippen molar-refractivity contribution in [1.29, 1.82) is 0 Å². The van der Waals surface area contributed by atoms with Gasteiger partial charge in [-0.1, -0.05) is 238 Å². The van der Waals surface area contributed by atoms with E-state index in [4.69, 9.17) is 4.74 Å². The molecule has 0 aromatic carbocycles. The highest BCUT2D eigenvalue weighted by atomic mass is 16.5. The van der Waals surface area contributed by atoms with Crippen LogP contribution in [0.2, 0.25) is 0 Å². The molecule has 58 heavy (non-hydrogen) atoms. The van der Waals surface area contributed by atoms with Crippen molar-refractivity contribution in [3.63, 3.8) is 0 Å². The largest absolute Gasteiger partial charge is 0.462 e. The zero-order valence-corrected chi connectivity index (χ0v) is 39.2. The molecule has 3 atom stereocenters. The highest BCUT2D eigenvalue weighted by Crippen LogP contribution is 2.18. The van der Waals surface area contributed by atoms with Gasteiger partial charge < -0.3 is 20.3 Å². The van der Waals surface area contributed by atoms with Gasteiger partial charge >= 0.3 is 5.97 Å². The van der Waals surface area contributed by atoms with Crippen molar-refractivity contribution in [2.75, 3.05) is 6.61 Å². The summed E-state index contributed by atoms with van der Waals surface area (Å²) in [5.41, 5.74) is 0. The van der Waals surface area contributed by atoms with Gasteiger partial charge in [-0.2, -0.15) is 0 Å². The van der Waals surface area contributed by atoms with Crippen molar-refractivity contribution in [3.05, 3.63) is 12.2 Å². The Morgan fingerprint density at radius 1 is 0.483 bits per heavy atom. The highest BCUT2D eigenvalue weighted by Gasteiger charge is 2.24. The van der Waals surface area contributed by atoms with Crippen molar-refractivity contribution in [1.82, 2.24) is 5.32 Å². The average molecular weight is 820 g/mol. The minimum absolute atomic E-state index is 0.0634. The lowest BCUT2D eigenvalue weighted by molar-refractivity contribution is -0.151. The van der Waals surface area contributed by atoms with Crippen LogP contribution >= 0.6 is 0 Å². The summed E-state index contributed by atoms with van der Waals surface area (Å²) >= 11 is 0. The number of amides is 1.